The third kappa shape index (κ3) is 26.3. The van der Waals surface area contributed by atoms with Crippen molar-refractivity contribution < 1.29 is 170 Å². The second-order valence-electron chi connectivity index (χ2n) is 21.5. The fourth-order valence-electron chi connectivity index (χ4n) is 9.31. The summed E-state index contributed by atoms with van der Waals surface area (Å²) < 4.78 is 40.7. The van der Waals surface area contributed by atoms with Gasteiger partial charge in [-0.1, -0.05) is 60.7 Å². The van der Waals surface area contributed by atoms with Gasteiger partial charge in [-0.05, 0) is 167 Å². The first-order valence-electron chi connectivity index (χ1n) is 31.5. The first kappa shape index (κ1) is 89.0. The maximum absolute atomic E-state index is 12.3. The van der Waals surface area contributed by atoms with E-state index >= 15 is 0 Å². The first-order valence-corrected chi connectivity index (χ1v) is 31.5. The lowest BCUT2D eigenvalue weighted by Crippen LogP contribution is -2.01. The van der Waals surface area contributed by atoms with Crippen molar-refractivity contribution >= 4 is 127 Å². The van der Waals surface area contributed by atoms with Gasteiger partial charge in [-0.3, -0.25) is 43.2 Å². The highest BCUT2D eigenvalue weighted by molar-refractivity contribution is 6.22. The van der Waals surface area contributed by atoms with Gasteiger partial charge >= 0.3 is 54.2 Å². The fraction of sp³-hybridized carbons (Fsp3) is 0. The molecule has 592 valence electrons. The van der Waals surface area contributed by atoms with E-state index < -0.39 is 53.5 Å². The van der Waals surface area contributed by atoms with Crippen LogP contribution in [0.5, 0.6) is 51.9 Å². The van der Waals surface area contributed by atoms with Crippen LogP contribution in [0.2, 0.25) is 0 Å². The monoisotopic (exact) mass is 1590 g/mol. The Kier molecular flexibility index (Phi) is 34.2. The summed E-state index contributed by atoms with van der Waals surface area (Å²) in [6, 6.07) is 52.0. The van der Waals surface area contributed by atoms with Gasteiger partial charge in [-0.25, -0.2) is 38.4 Å². The minimum atomic E-state index is -1.31. The number of carbonyl (C=O) groups is 17. The Morgan fingerprint density at radius 1 is 0.293 bits per heavy atom. The van der Waals surface area contributed by atoms with E-state index in [0.717, 1.165) is 23.3 Å². The van der Waals surface area contributed by atoms with Gasteiger partial charge in [0.1, 0.15) is 40.1 Å². The molecule has 0 spiro atoms. The number of carboxylic acid groups (broad SMARTS) is 8. The number of aromatic carboxylic acids is 8. The zero-order valence-electron chi connectivity index (χ0n) is 58.6. The number of fused-ring (bicyclic) bond motifs is 4. The number of hydrogen-bond donors (Lipinski definition) is 11. The number of carbonyl (C=O) groups excluding carboxylic acids is 9. The second kappa shape index (κ2) is 44.6. The van der Waals surface area contributed by atoms with E-state index in [-0.39, 0.29) is 130 Å². The molecule has 0 amide bonds. The number of benzene rings is 10. The molecule has 0 atom stereocenters. The van der Waals surface area contributed by atoms with E-state index in [1.807, 2.05) is 0 Å². The summed E-state index contributed by atoms with van der Waals surface area (Å²) >= 11 is 0. The van der Waals surface area contributed by atoms with Crippen LogP contribution in [0.25, 0.3) is 33.0 Å². The van der Waals surface area contributed by atoms with Gasteiger partial charge in [0.2, 0.25) is 5.76 Å². The van der Waals surface area contributed by atoms with Gasteiger partial charge in [-0.15, -0.1) is 0 Å². The van der Waals surface area contributed by atoms with Crippen LogP contribution in [-0.4, -0.2) is 151 Å². The molecule has 1 heterocycles. The summed E-state index contributed by atoms with van der Waals surface area (Å²) in [6.07, 6.45) is 0. The number of phenols is 1. The van der Waals surface area contributed by atoms with Crippen molar-refractivity contribution in [2.75, 3.05) is 11.5 Å². The van der Waals surface area contributed by atoms with Crippen LogP contribution in [0.3, 0.4) is 0 Å². The first-order chi connectivity index (χ1) is 55.5. The average Bonchev–Trinajstić information content (AvgIpc) is 1.60. The number of aromatic hydroxyl groups is 1. The molecule has 1 aromatic heterocycles. The zero-order valence-corrected chi connectivity index (χ0v) is 58.6. The molecule has 10 aromatic carbocycles. The van der Waals surface area contributed by atoms with Crippen molar-refractivity contribution in [3.63, 3.8) is 0 Å². The van der Waals surface area contributed by atoms with Crippen molar-refractivity contribution in [3.05, 3.63) is 268 Å². The highest BCUT2D eigenvalue weighted by Gasteiger charge is 2.28. The van der Waals surface area contributed by atoms with Crippen molar-refractivity contribution in [1.82, 2.24) is 0 Å². The average molecular weight is 1590 g/mol. The van der Waals surface area contributed by atoms with Crippen LogP contribution in [-0.2, 0) is 38.4 Å². The lowest BCUT2D eigenvalue weighted by Gasteiger charge is -2.06. The minimum absolute atomic E-state index is 0.0349. The van der Waals surface area contributed by atoms with E-state index in [1.165, 1.54) is 109 Å². The number of nitrogens with two attached hydrogens (primary N) is 2. The molecule has 0 aliphatic heterocycles. The molecule has 116 heavy (non-hydrogen) atoms. The Hall–Kier alpha value is -17.7. The Morgan fingerprint density at radius 3 is 1.18 bits per heavy atom. The predicted molar refractivity (Wildman–Crippen MR) is 395 cm³/mol. The van der Waals surface area contributed by atoms with Crippen LogP contribution in [0, 0.1) is 0 Å². The molecule has 0 unspecified atom stereocenters. The van der Waals surface area contributed by atoms with Gasteiger partial charge in [0.25, 0.3) is 51.3 Å². The third-order valence-corrected chi connectivity index (χ3v) is 14.5. The summed E-state index contributed by atoms with van der Waals surface area (Å²) in [6.45, 7) is 2.04. The van der Waals surface area contributed by atoms with Crippen LogP contribution >= 0.6 is 0 Å². The van der Waals surface area contributed by atoms with Crippen molar-refractivity contribution in [2.24, 2.45) is 0 Å². The molecular weight excluding hydrogens is 1540 g/mol. The van der Waals surface area contributed by atoms with Crippen molar-refractivity contribution in [2.45, 2.75) is 0 Å². The molecule has 1 aliphatic rings. The van der Waals surface area contributed by atoms with Crippen LogP contribution in [0.15, 0.2) is 217 Å². The van der Waals surface area contributed by atoms with E-state index in [2.05, 4.69) is 32.8 Å². The van der Waals surface area contributed by atoms with E-state index in [4.69, 9.17) is 61.8 Å². The normalized spacial score (nSPS) is 9.81. The zero-order chi connectivity index (χ0) is 85.6. The third-order valence-electron chi connectivity index (χ3n) is 14.5. The summed E-state index contributed by atoms with van der Waals surface area (Å²) in [7, 11) is 0. The Labute approximate surface area is 648 Å². The van der Waals surface area contributed by atoms with Crippen molar-refractivity contribution in [1.29, 1.82) is 0 Å². The molecule has 0 radical (unpaired) electrons. The van der Waals surface area contributed by atoms with Gasteiger partial charge in [0.15, 0.2) is 17.3 Å². The molecule has 0 saturated carbocycles. The van der Waals surface area contributed by atoms with E-state index in [0.29, 0.717) is 63.2 Å². The van der Waals surface area contributed by atoms with Gasteiger partial charge in [0.05, 0.1) is 44.8 Å². The Balaban J connectivity index is 0.000000238. The SMILES string of the molecule is Nc1cc(C(=O)O)c(O)cc1OC=O.Nc1cc(C(=O)O)ccc1OC=O.O=COc1ccc(-c2ccc(C(=O)O)cc2)cc1.O=COc1ccc(C(=O)O)c2ccccc12.O=COc1ccc(C(=O)O)cc1.O=COc1ccc(C(=O)O)o1.O=COc1ccc2c(c1)C(=O)c1cc(C(=O)O)ccc1-2.O=COc1cccc(C(=O)O)c1. The highest BCUT2D eigenvalue weighted by atomic mass is 16.6. The van der Waals surface area contributed by atoms with Crippen LogP contribution < -0.4 is 49.4 Å². The van der Waals surface area contributed by atoms with Gasteiger partial charge in [0, 0.05) is 28.6 Å². The molecule has 0 saturated heterocycles. The second-order valence-corrected chi connectivity index (χ2v) is 21.5. The summed E-state index contributed by atoms with van der Waals surface area (Å²) in [5, 5.41) is 79.6. The topological polar surface area (TPSA) is 611 Å². The number of furan rings is 1. The van der Waals surface area contributed by atoms with Crippen LogP contribution in [0.1, 0.15) is 99.0 Å². The molecule has 37 nitrogen and oxygen atoms in total. The predicted octanol–water partition coefficient (Wildman–Crippen LogP) is 9.85. The summed E-state index contributed by atoms with van der Waals surface area (Å²) in [4.78, 5) is 177. The lowest BCUT2D eigenvalue weighted by molar-refractivity contribution is -0.122. The number of nitrogen functional groups attached to an aromatic ring is 2. The van der Waals surface area contributed by atoms with E-state index in [9.17, 15) is 86.6 Å². The Morgan fingerprint density at radius 2 is 0.690 bits per heavy atom. The molecule has 37 heteroatoms. The number of ether oxygens (including phenoxy) is 8. The molecule has 11 aromatic rings. The molecule has 12 rings (SSSR count). The van der Waals surface area contributed by atoms with Crippen LogP contribution in [0.4, 0.5) is 11.4 Å². The molecule has 1 aliphatic carbocycles. The number of rotatable bonds is 25. The van der Waals surface area contributed by atoms with Gasteiger partial charge < -0.3 is 99.7 Å². The summed E-state index contributed by atoms with van der Waals surface area (Å²) in [5.74, 6) is -8.13. The highest BCUT2D eigenvalue weighted by Crippen LogP contribution is 2.39. The standard InChI is InChI=1S/C15H8O5.C14H10O4.C12H8O4.C8H7NO5.C8H7NO4.2C8H6O4.C6H4O5/c16-7-20-9-2-4-11-10-3-1-8(15(18)19)5-12(10)14(17)13(11)6-9;15-9-18-13-7-5-11(6-8-13)10-1-3-12(4-2-10)14(16)17;13-7-16-11-6-5-10(12(14)15)8-3-1-2-4-9(8)11;9-5-1-4(8(12)13)6(11)2-7(5)14-3-10;9-6-3-5(8(11)12)1-2-7(6)13-4-10;9-5-12-7-3-1-6(2-4-7)8(10)11;9-5-12-7-3-1-2-6(4-7)8(10)11;7-3-10-5-2-1-4(11-5)6(8)9/h1-7H,(H,18,19);1-9H,(H,16,17);1-7H,(H,14,15);1-3,11H,9H2,(H,12,13);1-4H,9H2,(H,11,12);2*1-5H,(H,10,11);1-3H,(H,8,9). The largest absolute Gasteiger partial charge is 0.507 e. The number of carboxylic acids is 8. The quantitative estimate of drug-likeness (QED) is 0.0144. The number of ketones is 1. The Bertz CT molecular complexity index is 5460. The number of anilines is 2. The molecule has 13 N–H and O–H groups in total. The molecule has 0 bridgehead atoms. The maximum atomic E-state index is 12.3. The number of hydrogen-bond acceptors (Lipinski definition) is 29. The maximum Gasteiger partial charge on any atom is 0.371 e. The smallest absolute Gasteiger partial charge is 0.371 e. The van der Waals surface area contributed by atoms with Crippen molar-refractivity contribution in [3.8, 4) is 74.2 Å². The summed E-state index contributed by atoms with van der Waals surface area (Å²) in [5.41, 5.74) is 15.3. The van der Waals surface area contributed by atoms with E-state index in [1.54, 1.807) is 91.0 Å². The lowest BCUT2D eigenvalue weighted by atomic mass is 10.0. The minimum Gasteiger partial charge on any atom is -0.507 e. The van der Waals surface area contributed by atoms with Gasteiger partial charge in [-0.2, -0.15) is 0 Å². The molecular formula is C79H56N2O35. The molecule has 0 fully saturated rings. The fourth-order valence-corrected chi connectivity index (χ4v) is 9.31.